The summed E-state index contributed by atoms with van der Waals surface area (Å²) in [5.41, 5.74) is 1.48. The first-order valence-corrected chi connectivity index (χ1v) is 10.6. The number of ether oxygens (including phenoxy) is 2. The Bertz CT molecular complexity index is 1040. The predicted octanol–water partition coefficient (Wildman–Crippen LogP) is 4.34. The lowest BCUT2D eigenvalue weighted by Gasteiger charge is -2.35. The summed E-state index contributed by atoms with van der Waals surface area (Å²) in [7, 11) is 0. The van der Waals surface area contributed by atoms with Crippen molar-refractivity contribution < 1.29 is 29.3 Å². The van der Waals surface area contributed by atoms with E-state index in [9.17, 15) is 19.8 Å². The quantitative estimate of drug-likeness (QED) is 0.634. The smallest absolute Gasteiger partial charge is 0.413 e. The maximum Gasteiger partial charge on any atom is 0.413 e. The molecule has 3 N–H and O–H groups in total. The highest BCUT2D eigenvalue weighted by Crippen LogP contribution is 2.41. The Morgan fingerprint density at radius 1 is 1.28 bits per heavy atom. The molecule has 2 aliphatic rings. The summed E-state index contributed by atoms with van der Waals surface area (Å²) in [6, 6.07) is 6.24. The van der Waals surface area contributed by atoms with Crippen molar-refractivity contribution in [3.8, 4) is 22.8 Å². The van der Waals surface area contributed by atoms with E-state index in [0.29, 0.717) is 24.6 Å². The van der Waals surface area contributed by atoms with Crippen LogP contribution in [0.4, 0.5) is 15.4 Å². The van der Waals surface area contributed by atoms with Crippen LogP contribution in [0, 0.1) is 0 Å². The second kappa shape index (κ2) is 8.22. The molecule has 0 bridgehead atoms. The normalized spacial score (nSPS) is 18.4. The number of phenols is 2. The molecule has 0 aliphatic carbocycles. The third-order valence-corrected chi connectivity index (χ3v) is 5.52. The molecule has 2 aliphatic heterocycles. The van der Waals surface area contributed by atoms with Crippen molar-refractivity contribution in [3.63, 3.8) is 0 Å². The van der Waals surface area contributed by atoms with E-state index >= 15 is 0 Å². The van der Waals surface area contributed by atoms with E-state index in [1.165, 1.54) is 18.2 Å². The molecule has 32 heavy (non-hydrogen) atoms. The van der Waals surface area contributed by atoms with Gasteiger partial charge >= 0.3 is 12.2 Å². The first-order chi connectivity index (χ1) is 15.1. The number of hydrogen-bond acceptors (Lipinski definition) is 7. The van der Waals surface area contributed by atoms with Gasteiger partial charge in [-0.25, -0.2) is 14.6 Å². The molecular weight excluding hydrogens is 414 g/mol. The fourth-order valence-electron chi connectivity index (χ4n) is 4.12. The van der Waals surface area contributed by atoms with E-state index in [1.807, 2.05) is 20.8 Å². The Hall–Kier alpha value is -3.49. The van der Waals surface area contributed by atoms with Gasteiger partial charge in [0.05, 0.1) is 11.3 Å². The Balaban J connectivity index is 1.74. The van der Waals surface area contributed by atoms with E-state index in [1.54, 1.807) is 11.0 Å². The zero-order chi connectivity index (χ0) is 23.0. The Morgan fingerprint density at radius 2 is 2.00 bits per heavy atom. The van der Waals surface area contributed by atoms with Crippen LogP contribution >= 0.6 is 0 Å². The second-order valence-electron chi connectivity index (χ2n) is 9.06. The number of carbonyl (C=O) groups excluding carboxylic acids is 2. The lowest BCUT2D eigenvalue weighted by atomic mass is 9.87. The van der Waals surface area contributed by atoms with Crippen molar-refractivity contribution in [3.05, 3.63) is 35.4 Å². The standard InChI is InChI=1S/C23H27N3O6/c1-23(2,3)32-22(30)26-9-5-6-13(11-26)14-10-16(19-17(27)7-4-8-18(19)28)24-20-15(14)12-31-21(29)25-20/h4,7-8,10,13,27-28H,5-6,9,11-12H2,1-3H3,(H,24,25,29). The minimum atomic E-state index is -0.617. The molecule has 1 aromatic heterocycles. The second-order valence-corrected chi connectivity index (χ2v) is 9.06. The molecule has 1 fully saturated rings. The molecule has 0 spiro atoms. The van der Waals surface area contributed by atoms with E-state index < -0.39 is 11.7 Å². The summed E-state index contributed by atoms with van der Waals surface area (Å²) in [4.78, 5) is 30.6. The number of nitrogens with one attached hydrogen (secondary N) is 1. The highest BCUT2D eigenvalue weighted by atomic mass is 16.6. The minimum Gasteiger partial charge on any atom is -0.507 e. The first kappa shape index (κ1) is 21.7. The molecular formula is C23H27N3O6. The number of fused-ring (bicyclic) bond motifs is 1. The highest BCUT2D eigenvalue weighted by Gasteiger charge is 2.32. The van der Waals surface area contributed by atoms with Crippen LogP contribution in [0.1, 0.15) is 50.7 Å². The van der Waals surface area contributed by atoms with Gasteiger partial charge in [-0.05, 0) is 57.4 Å². The van der Waals surface area contributed by atoms with Crippen LogP contribution in [0.15, 0.2) is 24.3 Å². The molecule has 4 rings (SSSR count). The van der Waals surface area contributed by atoms with E-state index in [2.05, 4.69) is 10.3 Å². The molecule has 1 saturated heterocycles. The number of anilines is 1. The molecule has 2 amide bonds. The zero-order valence-corrected chi connectivity index (χ0v) is 18.3. The Kier molecular flexibility index (Phi) is 5.58. The van der Waals surface area contributed by atoms with Crippen molar-refractivity contribution in [2.45, 2.75) is 51.7 Å². The third-order valence-electron chi connectivity index (χ3n) is 5.52. The monoisotopic (exact) mass is 441 g/mol. The number of likely N-dealkylation sites (tertiary alicyclic amines) is 1. The van der Waals surface area contributed by atoms with Crippen molar-refractivity contribution in [1.82, 2.24) is 9.88 Å². The molecule has 1 aromatic carbocycles. The van der Waals surface area contributed by atoms with Crippen LogP contribution in [0.2, 0.25) is 0 Å². The summed E-state index contributed by atoms with van der Waals surface area (Å²) in [5.74, 6) is 0.0192. The van der Waals surface area contributed by atoms with Crippen LogP contribution < -0.4 is 5.32 Å². The SMILES string of the molecule is CC(C)(C)OC(=O)N1CCCC(c2cc(-c3c(O)cccc3O)nc3c2COC(=O)N3)C1. The van der Waals surface area contributed by atoms with Gasteiger partial charge in [0.25, 0.3) is 0 Å². The van der Waals surface area contributed by atoms with Gasteiger partial charge in [0.2, 0.25) is 0 Å². The summed E-state index contributed by atoms with van der Waals surface area (Å²) >= 11 is 0. The fraction of sp³-hybridized carbons (Fsp3) is 0.435. The minimum absolute atomic E-state index is 0.0550. The number of hydrogen-bond donors (Lipinski definition) is 3. The molecule has 9 heteroatoms. The maximum atomic E-state index is 12.6. The largest absolute Gasteiger partial charge is 0.507 e. The zero-order valence-electron chi connectivity index (χ0n) is 18.3. The van der Waals surface area contributed by atoms with Gasteiger partial charge in [0.1, 0.15) is 29.5 Å². The van der Waals surface area contributed by atoms with Crippen molar-refractivity contribution in [1.29, 1.82) is 0 Å². The van der Waals surface area contributed by atoms with Gasteiger partial charge in [-0.1, -0.05) is 6.07 Å². The van der Waals surface area contributed by atoms with Gasteiger partial charge in [-0.15, -0.1) is 0 Å². The lowest BCUT2D eigenvalue weighted by Crippen LogP contribution is -2.42. The number of nitrogens with zero attached hydrogens (tertiary/aromatic N) is 2. The van der Waals surface area contributed by atoms with Gasteiger partial charge in [-0.3, -0.25) is 5.32 Å². The van der Waals surface area contributed by atoms with Crippen molar-refractivity contribution >= 4 is 18.0 Å². The number of pyridine rings is 1. The Labute approximate surface area is 186 Å². The van der Waals surface area contributed by atoms with Crippen molar-refractivity contribution in [2.24, 2.45) is 0 Å². The number of carbonyl (C=O) groups is 2. The lowest BCUT2D eigenvalue weighted by molar-refractivity contribution is 0.0198. The number of aromatic nitrogens is 1. The van der Waals surface area contributed by atoms with Crippen LogP contribution in [0.3, 0.4) is 0 Å². The maximum absolute atomic E-state index is 12.6. The third kappa shape index (κ3) is 4.42. The summed E-state index contributed by atoms with van der Waals surface area (Å²) in [6.45, 7) is 6.58. The van der Waals surface area contributed by atoms with Gasteiger partial charge in [0.15, 0.2) is 0 Å². The first-order valence-electron chi connectivity index (χ1n) is 10.6. The molecule has 1 atom stereocenters. The average molecular weight is 441 g/mol. The van der Waals surface area contributed by atoms with Gasteiger partial charge in [0, 0.05) is 24.6 Å². The van der Waals surface area contributed by atoms with E-state index in [0.717, 1.165) is 24.0 Å². The molecule has 0 radical (unpaired) electrons. The van der Waals surface area contributed by atoms with Crippen LogP contribution in [-0.2, 0) is 16.1 Å². The summed E-state index contributed by atoms with van der Waals surface area (Å²) in [5, 5.41) is 23.3. The molecule has 9 nitrogen and oxygen atoms in total. The van der Waals surface area contributed by atoms with Crippen LogP contribution in [0.25, 0.3) is 11.3 Å². The summed E-state index contributed by atoms with van der Waals surface area (Å²) in [6.07, 6.45) is 0.614. The Morgan fingerprint density at radius 3 is 2.69 bits per heavy atom. The average Bonchev–Trinajstić information content (AvgIpc) is 2.71. The number of piperidine rings is 1. The number of aromatic hydroxyl groups is 2. The molecule has 1 unspecified atom stereocenters. The highest BCUT2D eigenvalue weighted by molar-refractivity contribution is 5.88. The van der Waals surface area contributed by atoms with E-state index in [-0.39, 0.29) is 35.7 Å². The number of rotatable bonds is 2. The molecule has 2 aromatic rings. The van der Waals surface area contributed by atoms with E-state index in [4.69, 9.17) is 9.47 Å². The number of amides is 2. The fourth-order valence-corrected chi connectivity index (χ4v) is 4.12. The molecule has 0 saturated carbocycles. The number of benzene rings is 1. The number of phenolic OH excluding ortho intramolecular Hbond substituents is 2. The molecule has 170 valence electrons. The predicted molar refractivity (Wildman–Crippen MR) is 117 cm³/mol. The summed E-state index contributed by atoms with van der Waals surface area (Å²) < 4.78 is 10.7. The number of cyclic esters (lactones) is 1. The van der Waals surface area contributed by atoms with Gasteiger partial charge < -0.3 is 24.6 Å². The van der Waals surface area contributed by atoms with Crippen LogP contribution in [-0.4, -0.2) is 51.0 Å². The van der Waals surface area contributed by atoms with Gasteiger partial charge in [-0.2, -0.15) is 0 Å². The van der Waals surface area contributed by atoms with Crippen LogP contribution in [0.5, 0.6) is 11.5 Å². The van der Waals surface area contributed by atoms with Crippen molar-refractivity contribution in [2.75, 3.05) is 18.4 Å². The topological polar surface area (TPSA) is 121 Å². The molecule has 3 heterocycles.